The van der Waals surface area contributed by atoms with Gasteiger partial charge in [-0.25, -0.2) is 0 Å². The second-order valence-electron chi connectivity index (χ2n) is 7.58. The number of hydrogen-bond donors (Lipinski definition) is 0. The second-order valence-corrected chi connectivity index (χ2v) is 7.58. The molecule has 0 aromatic heterocycles. The normalized spacial score (nSPS) is 14.9. The van der Waals surface area contributed by atoms with Gasteiger partial charge in [0.2, 0.25) is 5.91 Å². The van der Waals surface area contributed by atoms with E-state index >= 15 is 0 Å². The second kappa shape index (κ2) is 9.71. The fourth-order valence-electron chi connectivity index (χ4n) is 3.28. The summed E-state index contributed by atoms with van der Waals surface area (Å²) in [5.41, 5.74) is 1.96. The van der Waals surface area contributed by atoms with E-state index in [2.05, 4.69) is 18.7 Å². The van der Waals surface area contributed by atoms with Gasteiger partial charge in [0.15, 0.2) is 5.78 Å². The van der Waals surface area contributed by atoms with Crippen LogP contribution in [-0.2, 0) is 11.2 Å². The van der Waals surface area contributed by atoms with Crippen molar-refractivity contribution >= 4 is 11.7 Å². The molecule has 1 heterocycles. The van der Waals surface area contributed by atoms with Crippen molar-refractivity contribution in [3.63, 3.8) is 0 Å². The summed E-state index contributed by atoms with van der Waals surface area (Å²) in [6.45, 7) is 8.35. The van der Waals surface area contributed by atoms with Crippen LogP contribution in [0.5, 0.6) is 0 Å². The van der Waals surface area contributed by atoms with E-state index in [0.717, 1.165) is 32.6 Å². The first kappa shape index (κ1) is 19.6. The van der Waals surface area contributed by atoms with Gasteiger partial charge in [0.25, 0.3) is 0 Å². The largest absolute Gasteiger partial charge is 0.344 e. The van der Waals surface area contributed by atoms with Crippen molar-refractivity contribution in [2.45, 2.75) is 46.0 Å². The number of carbonyl (C=O) groups excluding carboxylic acids is 2. The minimum absolute atomic E-state index is 0.0531. The predicted molar refractivity (Wildman–Crippen MR) is 102 cm³/mol. The highest BCUT2D eigenvalue weighted by Crippen LogP contribution is 2.12. The van der Waals surface area contributed by atoms with Gasteiger partial charge in [-0.05, 0) is 43.8 Å². The van der Waals surface area contributed by atoms with E-state index in [1.54, 1.807) is 4.90 Å². The first-order valence-corrected chi connectivity index (χ1v) is 9.54. The Bertz CT molecular complexity index is 560. The number of ketones is 1. The number of likely N-dealkylation sites (N-methyl/N-ethyl adjacent to an activating group) is 1. The lowest BCUT2D eigenvalue weighted by molar-refractivity contribution is -0.130. The number of rotatable bonds is 9. The van der Waals surface area contributed by atoms with Gasteiger partial charge in [0, 0.05) is 38.5 Å². The van der Waals surface area contributed by atoms with Gasteiger partial charge in [0.1, 0.15) is 0 Å². The third-order valence-electron chi connectivity index (χ3n) is 4.86. The zero-order chi connectivity index (χ0) is 18.2. The quantitative estimate of drug-likeness (QED) is 0.645. The molecule has 1 aromatic rings. The molecule has 1 fully saturated rings. The number of hydrogen-bond acceptors (Lipinski definition) is 3. The molecule has 25 heavy (non-hydrogen) atoms. The molecule has 1 amide bonds. The van der Waals surface area contributed by atoms with Crippen molar-refractivity contribution in [3.8, 4) is 0 Å². The van der Waals surface area contributed by atoms with Crippen LogP contribution in [0.3, 0.4) is 0 Å². The van der Waals surface area contributed by atoms with Crippen LogP contribution in [0, 0.1) is 5.92 Å². The average molecular weight is 344 g/mol. The molecule has 0 aliphatic carbocycles. The Labute approximate surface area is 152 Å². The van der Waals surface area contributed by atoms with Crippen LogP contribution >= 0.6 is 0 Å². The van der Waals surface area contributed by atoms with Crippen molar-refractivity contribution in [2.75, 3.05) is 33.2 Å². The van der Waals surface area contributed by atoms with E-state index in [1.807, 2.05) is 31.3 Å². The minimum Gasteiger partial charge on any atom is -0.344 e. The first-order valence-electron chi connectivity index (χ1n) is 9.54. The maximum Gasteiger partial charge on any atom is 0.222 e. The van der Waals surface area contributed by atoms with Crippen LogP contribution in [-0.4, -0.2) is 54.7 Å². The lowest BCUT2D eigenvalue weighted by Crippen LogP contribution is -2.35. The van der Waals surface area contributed by atoms with Crippen LogP contribution in [0.2, 0.25) is 0 Å². The van der Waals surface area contributed by atoms with E-state index in [-0.39, 0.29) is 18.1 Å². The van der Waals surface area contributed by atoms with Gasteiger partial charge in [-0.2, -0.15) is 0 Å². The Balaban J connectivity index is 1.73. The zero-order valence-electron chi connectivity index (χ0n) is 16.0. The maximum atomic E-state index is 12.3. The molecule has 0 radical (unpaired) electrons. The molecule has 4 nitrogen and oxygen atoms in total. The summed E-state index contributed by atoms with van der Waals surface area (Å²) in [6, 6.07) is 7.83. The van der Waals surface area contributed by atoms with Crippen molar-refractivity contribution in [1.82, 2.24) is 9.80 Å². The molecule has 0 unspecified atom stereocenters. The molecule has 2 rings (SSSR count). The van der Waals surface area contributed by atoms with Crippen LogP contribution in [0.1, 0.15) is 55.5 Å². The van der Waals surface area contributed by atoms with Crippen LogP contribution in [0.25, 0.3) is 0 Å². The molecule has 1 aliphatic heterocycles. The number of carbonyl (C=O) groups is 2. The fourth-order valence-corrected chi connectivity index (χ4v) is 3.28. The molecule has 1 aliphatic rings. The molecule has 0 saturated carbocycles. The van der Waals surface area contributed by atoms with E-state index in [0.29, 0.717) is 17.9 Å². The zero-order valence-corrected chi connectivity index (χ0v) is 16.0. The number of amides is 1. The monoisotopic (exact) mass is 344 g/mol. The maximum absolute atomic E-state index is 12.3. The molecule has 4 heteroatoms. The third kappa shape index (κ3) is 6.62. The van der Waals surface area contributed by atoms with Crippen LogP contribution < -0.4 is 0 Å². The molecule has 1 aromatic carbocycles. The molecule has 0 atom stereocenters. The number of benzene rings is 1. The minimum atomic E-state index is 0.0531. The highest BCUT2D eigenvalue weighted by atomic mass is 16.2. The van der Waals surface area contributed by atoms with E-state index in [4.69, 9.17) is 0 Å². The summed E-state index contributed by atoms with van der Waals surface area (Å²) in [6.07, 6.45) is 4.14. The van der Waals surface area contributed by atoms with E-state index < -0.39 is 0 Å². The SMILES string of the molecule is CC(C)Cc1ccc(C(=O)CCC(=O)N(C)CCN2CCCC2)cc1. The summed E-state index contributed by atoms with van der Waals surface area (Å²) in [7, 11) is 1.84. The summed E-state index contributed by atoms with van der Waals surface area (Å²) >= 11 is 0. The smallest absolute Gasteiger partial charge is 0.222 e. The first-order chi connectivity index (χ1) is 12.0. The van der Waals surface area contributed by atoms with Gasteiger partial charge in [-0.1, -0.05) is 38.1 Å². The number of Topliss-reactive ketones (excluding diaryl/α,β-unsaturated/α-hetero) is 1. The average Bonchev–Trinajstić information content (AvgIpc) is 3.10. The van der Waals surface area contributed by atoms with Crippen molar-refractivity contribution in [1.29, 1.82) is 0 Å². The number of nitrogens with zero attached hydrogens (tertiary/aromatic N) is 2. The Morgan fingerprint density at radius 1 is 1.08 bits per heavy atom. The highest BCUT2D eigenvalue weighted by Gasteiger charge is 2.16. The van der Waals surface area contributed by atoms with Crippen molar-refractivity contribution in [3.05, 3.63) is 35.4 Å². The lowest BCUT2D eigenvalue weighted by Gasteiger charge is -2.21. The molecule has 138 valence electrons. The topological polar surface area (TPSA) is 40.6 Å². The van der Waals surface area contributed by atoms with Gasteiger partial charge in [0.05, 0.1) is 0 Å². The molecular formula is C21H32N2O2. The van der Waals surface area contributed by atoms with E-state index in [1.165, 1.54) is 18.4 Å². The van der Waals surface area contributed by atoms with Gasteiger partial charge in [-0.15, -0.1) is 0 Å². The summed E-state index contributed by atoms with van der Waals surface area (Å²) in [4.78, 5) is 28.7. The standard InChI is InChI=1S/C21H32N2O2/c1-17(2)16-18-6-8-19(9-7-18)20(24)10-11-21(25)22(3)14-15-23-12-4-5-13-23/h6-9,17H,4-5,10-16H2,1-3H3. The summed E-state index contributed by atoms with van der Waals surface area (Å²) in [5.74, 6) is 0.719. The van der Waals surface area contributed by atoms with Crippen LogP contribution in [0.4, 0.5) is 0 Å². The number of likely N-dealkylation sites (tertiary alicyclic amines) is 1. The van der Waals surface area contributed by atoms with Crippen molar-refractivity contribution in [2.24, 2.45) is 5.92 Å². The van der Waals surface area contributed by atoms with E-state index in [9.17, 15) is 9.59 Å². The Morgan fingerprint density at radius 3 is 2.32 bits per heavy atom. The highest BCUT2D eigenvalue weighted by molar-refractivity contribution is 5.97. The van der Waals surface area contributed by atoms with Gasteiger partial charge >= 0.3 is 0 Å². The Morgan fingerprint density at radius 2 is 1.72 bits per heavy atom. The van der Waals surface area contributed by atoms with Crippen LogP contribution in [0.15, 0.2) is 24.3 Å². The fraction of sp³-hybridized carbons (Fsp3) is 0.619. The summed E-state index contributed by atoms with van der Waals surface area (Å²) < 4.78 is 0. The van der Waals surface area contributed by atoms with Gasteiger partial charge in [-0.3, -0.25) is 9.59 Å². The van der Waals surface area contributed by atoms with Gasteiger partial charge < -0.3 is 9.80 Å². The molecule has 1 saturated heterocycles. The molecule has 0 N–H and O–H groups in total. The molecular weight excluding hydrogens is 312 g/mol. The third-order valence-corrected chi connectivity index (χ3v) is 4.86. The molecule has 0 bridgehead atoms. The summed E-state index contributed by atoms with van der Waals surface area (Å²) in [5, 5.41) is 0. The predicted octanol–water partition coefficient (Wildman–Crippen LogP) is 3.40. The molecule has 0 spiro atoms. The lowest BCUT2D eigenvalue weighted by atomic mass is 9.99. The Hall–Kier alpha value is -1.68. The Kier molecular flexibility index (Phi) is 7.63. The van der Waals surface area contributed by atoms with Crippen molar-refractivity contribution < 1.29 is 9.59 Å².